The second-order valence-electron chi connectivity index (χ2n) is 6.02. The van der Waals surface area contributed by atoms with E-state index in [1.807, 2.05) is 6.92 Å². The number of rotatable bonds is 4. The van der Waals surface area contributed by atoms with E-state index in [2.05, 4.69) is 15.2 Å². The van der Waals surface area contributed by atoms with Crippen LogP contribution in [0.1, 0.15) is 39.0 Å². The zero-order chi connectivity index (χ0) is 15.3. The Morgan fingerprint density at radius 1 is 1.45 bits per heavy atom. The van der Waals surface area contributed by atoms with E-state index < -0.39 is 5.60 Å². The molecule has 0 amide bonds. The molecule has 0 spiro atoms. The molecular formula is C15H28IN3O3. The van der Waals surface area contributed by atoms with Gasteiger partial charge in [0, 0.05) is 26.7 Å². The SMILES string of the molecule is CCOC(=O)C1CCCN(C(=NC)NCC2(O)CCC2)C1.I. The number of ether oxygens (including phenoxy) is 1. The highest BCUT2D eigenvalue weighted by Gasteiger charge is 2.35. The number of aliphatic imine (C=N–C) groups is 1. The smallest absolute Gasteiger partial charge is 0.310 e. The summed E-state index contributed by atoms with van der Waals surface area (Å²) in [5.74, 6) is 0.573. The first kappa shape index (κ1) is 19.5. The van der Waals surface area contributed by atoms with E-state index in [4.69, 9.17) is 4.74 Å². The van der Waals surface area contributed by atoms with Crippen molar-refractivity contribution < 1.29 is 14.6 Å². The third kappa shape index (κ3) is 4.97. The van der Waals surface area contributed by atoms with E-state index >= 15 is 0 Å². The fourth-order valence-corrected chi connectivity index (χ4v) is 2.96. The van der Waals surface area contributed by atoms with Gasteiger partial charge in [-0.05, 0) is 39.0 Å². The fourth-order valence-electron chi connectivity index (χ4n) is 2.96. The predicted octanol–water partition coefficient (Wildman–Crippen LogP) is 1.37. The highest BCUT2D eigenvalue weighted by atomic mass is 127. The molecule has 0 radical (unpaired) electrons. The number of piperidine rings is 1. The van der Waals surface area contributed by atoms with Crippen LogP contribution in [0.25, 0.3) is 0 Å². The Bertz CT molecular complexity index is 399. The van der Waals surface area contributed by atoms with Crippen LogP contribution in [-0.2, 0) is 9.53 Å². The maximum atomic E-state index is 11.9. The van der Waals surface area contributed by atoms with E-state index in [-0.39, 0.29) is 35.9 Å². The Balaban J connectivity index is 0.00000242. The van der Waals surface area contributed by atoms with Crippen LogP contribution in [0.3, 0.4) is 0 Å². The summed E-state index contributed by atoms with van der Waals surface area (Å²) >= 11 is 0. The second-order valence-corrected chi connectivity index (χ2v) is 6.02. The van der Waals surface area contributed by atoms with Crippen molar-refractivity contribution in [3.63, 3.8) is 0 Å². The van der Waals surface area contributed by atoms with Crippen molar-refractivity contribution in [2.75, 3.05) is 33.3 Å². The molecule has 1 saturated heterocycles. The molecule has 2 fully saturated rings. The Kier molecular flexibility index (Phi) is 7.88. The van der Waals surface area contributed by atoms with Crippen molar-refractivity contribution in [2.45, 2.75) is 44.6 Å². The Labute approximate surface area is 149 Å². The number of carbonyl (C=O) groups excluding carboxylic acids is 1. The summed E-state index contributed by atoms with van der Waals surface area (Å²) in [5, 5.41) is 13.4. The number of carbonyl (C=O) groups is 1. The largest absolute Gasteiger partial charge is 0.466 e. The van der Waals surface area contributed by atoms with Gasteiger partial charge in [0.25, 0.3) is 0 Å². The predicted molar refractivity (Wildman–Crippen MR) is 96.5 cm³/mol. The third-order valence-corrected chi connectivity index (χ3v) is 4.41. The van der Waals surface area contributed by atoms with Gasteiger partial charge in [-0.15, -0.1) is 24.0 Å². The maximum Gasteiger partial charge on any atom is 0.310 e. The molecule has 0 aromatic rings. The van der Waals surface area contributed by atoms with Gasteiger partial charge in [0.05, 0.1) is 18.1 Å². The Morgan fingerprint density at radius 3 is 2.73 bits per heavy atom. The summed E-state index contributed by atoms with van der Waals surface area (Å²) in [6.45, 7) is 4.30. The van der Waals surface area contributed by atoms with E-state index in [0.29, 0.717) is 19.7 Å². The van der Waals surface area contributed by atoms with E-state index in [1.165, 1.54) is 0 Å². The monoisotopic (exact) mass is 425 g/mol. The minimum absolute atomic E-state index is 0. The normalized spacial score (nSPS) is 24.0. The van der Waals surface area contributed by atoms with E-state index in [9.17, 15) is 9.90 Å². The molecule has 6 nitrogen and oxygen atoms in total. The van der Waals surface area contributed by atoms with Crippen molar-refractivity contribution >= 4 is 35.9 Å². The number of hydrogen-bond donors (Lipinski definition) is 2. The molecule has 2 rings (SSSR count). The van der Waals surface area contributed by atoms with Gasteiger partial charge in [0.2, 0.25) is 0 Å². The number of aliphatic hydroxyl groups is 1. The lowest BCUT2D eigenvalue weighted by atomic mass is 9.80. The van der Waals surface area contributed by atoms with Gasteiger partial charge >= 0.3 is 5.97 Å². The summed E-state index contributed by atoms with van der Waals surface area (Å²) in [6, 6.07) is 0. The quantitative estimate of drug-likeness (QED) is 0.308. The van der Waals surface area contributed by atoms with Crippen LogP contribution in [0, 0.1) is 5.92 Å². The molecule has 1 aliphatic carbocycles. The Morgan fingerprint density at radius 2 is 2.18 bits per heavy atom. The molecule has 22 heavy (non-hydrogen) atoms. The van der Waals surface area contributed by atoms with E-state index in [1.54, 1.807) is 7.05 Å². The van der Waals surface area contributed by atoms with Gasteiger partial charge in [-0.3, -0.25) is 9.79 Å². The summed E-state index contributed by atoms with van der Waals surface area (Å²) in [7, 11) is 1.74. The molecular weight excluding hydrogens is 397 g/mol. The molecule has 0 aromatic heterocycles. The topological polar surface area (TPSA) is 74.2 Å². The molecule has 2 aliphatic rings. The minimum atomic E-state index is -0.577. The highest BCUT2D eigenvalue weighted by Crippen LogP contribution is 2.30. The zero-order valence-electron chi connectivity index (χ0n) is 13.5. The molecule has 0 aromatic carbocycles. The van der Waals surface area contributed by atoms with Crippen LogP contribution in [0.15, 0.2) is 4.99 Å². The van der Waals surface area contributed by atoms with Gasteiger partial charge in [0.15, 0.2) is 5.96 Å². The number of esters is 1. The first-order valence-corrected chi connectivity index (χ1v) is 7.92. The lowest BCUT2D eigenvalue weighted by molar-refractivity contribution is -0.149. The third-order valence-electron chi connectivity index (χ3n) is 4.41. The van der Waals surface area contributed by atoms with Gasteiger partial charge in [-0.1, -0.05) is 0 Å². The van der Waals surface area contributed by atoms with Crippen LogP contribution in [0.2, 0.25) is 0 Å². The van der Waals surface area contributed by atoms with Crippen molar-refractivity contribution in [1.82, 2.24) is 10.2 Å². The zero-order valence-corrected chi connectivity index (χ0v) is 15.8. The van der Waals surface area contributed by atoms with Gasteiger partial charge in [0.1, 0.15) is 0 Å². The van der Waals surface area contributed by atoms with Crippen LogP contribution >= 0.6 is 24.0 Å². The van der Waals surface area contributed by atoms with Gasteiger partial charge in [-0.2, -0.15) is 0 Å². The summed E-state index contributed by atoms with van der Waals surface area (Å²) in [5.41, 5.74) is -0.577. The molecule has 2 N–H and O–H groups in total. The van der Waals surface area contributed by atoms with E-state index in [0.717, 1.165) is 44.6 Å². The summed E-state index contributed by atoms with van der Waals surface area (Å²) < 4.78 is 5.12. The molecule has 0 bridgehead atoms. The van der Waals surface area contributed by atoms with Crippen molar-refractivity contribution in [1.29, 1.82) is 0 Å². The first-order chi connectivity index (χ1) is 10.1. The van der Waals surface area contributed by atoms with Crippen molar-refractivity contribution in [3.8, 4) is 0 Å². The number of nitrogens with one attached hydrogen (secondary N) is 1. The van der Waals surface area contributed by atoms with Crippen molar-refractivity contribution in [3.05, 3.63) is 0 Å². The Hall–Kier alpha value is -0.570. The van der Waals surface area contributed by atoms with Gasteiger partial charge < -0.3 is 20.1 Å². The molecule has 1 atom stereocenters. The average Bonchev–Trinajstić information content (AvgIpc) is 2.46. The molecule has 1 heterocycles. The fraction of sp³-hybridized carbons (Fsp3) is 0.867. The minimum Gasteiger partial charge on any atom is -0.466 e. The van der Waals surface area contributed by atoms with Crippen LogP contribution in [0.4, 0.5) is 0 Å². The number of likely N-dealkylation sites (tertiary alicyclic amines) is 1. The second kappa shape index (κ2) is 8.90. The molecule has 1 aliphatic heterocycles. The summed E-state index contributed by atoms with van der Waals surface area (Å²) in [4.78, 5) is 18.2. The number of halogens is 1. The number of hydrogen-bond acceptors (Lipinski definition) is 4. The molecule has 1 unspecified atom stereocenters. The van der Waals surface area contributed by atoms with Crippen molar-refractivity contribution in [2.24, 2.45) is 10.9 Å². The van der Waals surface area contributed by atoms with Crippen LogP contribution < -0.4 is 5.32 Å². The maximum absolute atomic E-state index is 11.9. The van der Waals surface area contributed by atoms with Gasteiger partial charge in [-0.25, -0.2) is 0 Å². The van der Waals surface area contributed by atoms with Crippen LogP contribution in [-0.4, -0.2) is 60.8 Å². The molecule has 7 heteroatoms. The summed E-state index contributed by atoms with van der Waals surface area (Å²) in [6.07, 6.45) is 4.61. The average molecular weight is 425 g/mol. The lowest BCUT2D eigenvalue weighted by Crippen LogP contribution is -2.53. The number of guanidine groups is 1. The highest BCUT2D eigenvalue weighted by molar-refractivity contribution is 14.0. The molecule has 1 saturated carbocycles. The molecule has 128 valence electrons. The first-order valence-electron chi connectivity index (χ1n) is 7.92. The lowest BCUT2D eigenvalue weighted by Gasteiger charge is -2.39. The standard InChI is InChI=1S/C15H27N3O3.HI/c1-3-21-13(19)12-6-4-9-18(10-12)14(16-2)17-11-15(20)7-5-8-15;/h12,20H,3-11H2,1-2H3,(H,16,17);1H. The van der Waals surface area contributed by atoms with Crippen LogP contribution in [0.5, 0.6) is 0 Å². The number of nitrogens with zero attached hydrogens (tertiary/aromatic N) is 2.